The first-order valence-corrected chi connectivity index (χ1v) is 6.17. The minimum Gasteiger partial charge on any atom is -0.396 e. The maximum atomic E-state index is 9.37. The van der Waals surface area contributed by atoms with Gasteiger partial charge in [0.15, 0.2) is 0 Å². The SMILES string of the molecule is CCC(CC)(CO)CNCc1csnn1. The van der Waals surface area contributed by atoms with E-state index in [1.807, 2.05) is 5.38 Å². The van der Waals surface area contributed by atoms with Crippen LogP contribution in [0.5, 0.6) is 0 Å². The Hall–Kier alpha value is -0.520. The summed E-state index contributed by atoms with van der Waals surface area (Å²) in [7, 11) is 0. The van der Waals surface area contributed by atoms with Crippen LogP contribution in [0.3, 0.4) is 0 Å². The summed E-state index contributed by atoms with van der Waals surface area (Å²) in [5.74, 6) is 0. The van der Waals surface area contributed by atoms with Gasteiger partial charge in [0.1, 0.15) is 0 Å². The van der Waals surface area contributed by atoms with E-state index < -0.39 is 0 Å². The van der Waals surface area contributed by atoms with Crippen molar-refractivity contribution in [3.63, 3.8) is 0 Å². The minimum atomic E-state index is 0.0173. The molecule has 0 aromatic carbocycles. The van der Waals surface area contributed by atoms with Crippen LogP contribution in [0.4, 0.5) is 0 Å². The van der Waals surface area contributed by atoms with E-state index in [9.17, 15) is 5.11 Å². The molecule has 0 spiro atoms. The average molecular weight is 229 g/mol. The molecule has 0 fully saturated rings. The summed E-state index contributed by atoms with van der Waals surface area (Å²) in [4.78, 5) is 0. The Morgan fingerprint density at radius 2 is 2.20 bits per heavy atom. The van der Waals surface area contributed by atoms with Gasteiger partial charge in [-0.2, -0.15) is 0 Å². The summed E-state index contributed by atoms with van der Waals surface area (Å²) in [5, 5.41) is 18.6. The Kier molecular flexibility index (Phi) is 5.14. The molecular formula is C10H19N3OS. The lowest BCUT2D eigenvalue weighted by Crippen LogP contribution is -2.36. The van der Waals surface area contributed by atoms with E-state index >= 15 is 0 Å². The molecule has 0 radical (unpaired) electrons. The number of hydrogen-bond donors (Lipinski definition) is 2. The maximum Gasteiger partial charge on any atom is 0.0893 e. The standard InChI is InChI=1S/C10H19N3OS/c1-3-10(4-2,8-14)7-11-5-9-6-15-13-12-9/h6,11,14H,3-5,7-8H2,1-2H3. The molecule has 4 nitrogen and oxygen atoms in total. The van der Waals surface area contributed by atoms with E-state index in [1.165, 1.54) is 11.5 Å². The van der Waals surface area contributed by atoms with E-state index in [4.69, 9.17) is 0 Å². The minimum absolute atomic E-state index is 0.0173. The summed E-state index contributed by atoms with van der Waals surface area (Å²) in [6.07, 6.45) is 1.98. The first-order chi connectivity index (χ1) is 7.26. The maximum absolute atomic E-state index is 9.37. The first kappa shape index (κ1) is 12.5. The van der Waals surface area contributed by atoms with Crippen LogP contribution in [0.1, 0.15) is 32.4 Å². The van der Waals surface area contributed by atoms with Crippen LogP contribution in [0, 0.1) is 5.41 Å². The molecule has 1 heterocycles. The van der Waals surface area contributed by atoms with Crippen molar-refractivity contribution in [3.8, 4) is 0 Å². The Bertz CT molecular complexity index is 251. The van der Waals surface area contributed by atoms with Gasteiger partial charge in [-0.05, 0) is 24.4 Å². The van der Waals surface area contributed by atoms with Gasteiger partial charge in [-0.25, -0.2) is 0 Å². The van der Waals surface area contributed by atoms with Gasteiger partial charge in [-0.3, -0.25) is 0 Å². The van der Waals surface area contributed by atoms with E-state index in [0.29, 0.717) is 0 Å². The van der Waals surface area contributed by atoms with Gasteiger partial charge in [0.05, 0.1) is 5.69 Å². The fraction of sp³-hybridized carbons (Fsp3) is 0.800. The molecule has 0 unspecified atom stereocenters. The van der Waals surface area contributed by atoms with E-state index in [2.05, 4.69) is 28.8 Å². The third-order valence-electron chi connectivity index (χ3n) is 3.05. The second-order valence-corrected chi connectivity index (χ2v) is 4.47. The third kappa shape index (κ3) is 3.52. The molecule has 0 saturated heterocycles. The highest BCUT2D eigenvalue weighted by Gasteiger charge is 2.24. The highest BCUT2D eigenvalue weighted by Crippen LogP contribution is 2.24. The molecule has 0 aliphatic carbocycles. The molecular weight excluding hydrogens is 210 g/mol. The van der Waals surface area contributed by atoms with Crippen molar-refractivity contribution in [3.05, 3.63) is 11.1 Å². The van der Waals surface area contributed by atoms with Gasteiger partial charge < -0.3 is 10.4 Å². The summed E-state index contributed by atoms with van der Waals surface area (Å²) in [6, 6.07) is 0. The van der Waals surface area contributed by atoms with Gasteiger partial charge in [0.2, 0.25) is 0 Å². The van der Waals surface area contributed by atoms with Crippen LogP contribution in [0.2, 0.25) is 0 Å². The van der Waals surface area contributed by atoms with Gasteiger partial charge in [0.25, 0.3) is 0 Å². The molecule has 15 heavy (non-hydrogen) atoms. The van der Waals surface area contributed by atoms with Gasteiger partial charge in [-0.1, -0.05) is 18.3 Å². The van der Waals surface area contributed by atoms with Crippen molar-refractivity contribution in [1.82, 2.24) is 14.9 Å². The summed E-state index contributed by atoms with van der Waals surface area (Å²) in [6.45, 7) is 6.03. The molecule has 0 bridgehead atoms. The van der Waals surface area contributed by atoms with Crippen molar-refractivity contribution >= 4 is 11.5 Å². The lowest BCUT2D eigenvalue weighted by atomic mass is 9.83. The van der Waals surface area contributed by atoms with Crippen molar-refractivity contribution in [2.45, 2.75) is 33.2 Å². The molecule has 86 valence electrons. The molecule has 0 aliphatic rings. The fourth-order valence-corrected chi connectivity index (χ4v) is 1.95. The zero-order valence-corrected chi connectivity index (χ0v) is 10.2. The van der Waals surface area contributed by atoms with Crippen molar-refractivity contribution in [2.75, 3.05) is 13.2 Å². The Balaban J connectivity index is 2.34. The fourth-order valence-electron chi connectivity index (χ4n) is 1.50. The summed E-state index contributed by atoms with van der Waals surface area (Å²) >= 11 is 1.36. The van der Waals surface area contributed by atoms with Crippen LogP contribution in [-0.2, 0) is 6.54 Å². The predicted octanol–water partition coefficient (Wildman–Crippen LogP) is 1.43. The smallest absolute Gasteiger partial charge is 0.0893 e. The zero-order valence-electron chi connectivity index (χ0n) is 9.36. The lowest BCUT2D eigenvalue weighted by molar-refractivity contribution is 0.113. The Morgan fingerprint density at radius 1 is 1.47 bits per heavy atom. The van der Waals surface area contributed by atoms with Crippen LogP contribution >= 0.6 is 11.5 Å². The quantitative estimate of drug-likeness (QED) is 0.742. The number of aromatic nitrogens is 2. The summed E-state index contributed by atoms with van der Waals surface area (Å²) in [5.41, 5.74) is 0.989. The van der Waals surface area contributed by atoms with E-state index in [0.717, 1.165) is 31.6 Å². The van der Waals surface area contributed by atoms with Crippen LogP contribution in [-0.4, -0.2) is 27.8 Å². The van der Waals surface area contributed by atoms with Gasteiger partial charge >= 0.3 is 0 Å². The van der Waals surface area contributed by atoms with Crippen molar-refractivity contribution < 1.29 is 5.11 Å². The van der Waals surface area contributed by atoms with Crippen molar-refractivity contribution in [2.24, 2.45) is 5.41 Å². The monoisotopic (exact) mass is 229 g/mol. The van der Waals surface area contributed by atoms with Gasteiger partial charge in [0, 0.05) is 30.5 Å². The number of rotatable bonds is 7. The topological polar surface area (TPSA) is 58.0 Å². The van der Waals surface area contributed by atoms with Crippen LogP contribution < -0.4 is 5.32 Å². The first-order valence-electron chi connectivity index (χ1n) is 5.34. The zero-order chi connectivity index (χ0) is 11.1. The number of aliphatic hydroxyl groups is 1. The molecule has 0 atom stereocenters. The molecule has 0 saturated carbocycles. The predicted molar refractivity (Wildman–Crippen MR) is 61.7 cm³/mol. The third-order valence-corrected chi connectivity index (χ3v) is 3.60. The molecule has 1 aromatic rings. The molecule has 1 rings (SSSR count). The number of nitrogens with one attached hydrogen (secondary N) is 1. The highest BCUT2D eigenvalue weighted by molar-refractivity contribution is 7.03. The molecule has 0 amide bonds. The molecule has 0 aliphatic heterocycles. The number of aliphatic hydroxyl groups excluding tert-OH is 1. The van der Waals surface area contributed by atoms with E-state index in [-0.39, 0.29) is 12.0 Å². The Morgan fingerprint density at radius 3 is 2.67 bits per heavy atom. The lowest BCUT2D eigenvalue weighted by Gasteiger charge is -2.29. The van der Waals surface area contributed by atoms with E-state index in [1.54, 1.807) is 0 Å². The van der Waals surface area contributed by atoms with Crippen molar-refractivity contribution in [1.29, 1.82) is 0 Å². The second kappa shape index (κ2) is 6.15. The van der Waals surface area contributed by atoms with Crippen LogP contribution in [0.25, 0.3) is 0 Å². The highest BCUT2D eigenvalue weighted by atomic mass is 32.1. The number of nitrogens with zero attached hydrogens (tertiary/aromatic N) is 2. The average Bonchev–Trinajstić information content (AvgIpc) is 2.78. The van der Waals surface area contributed by atoms with Gasteiger partial charge in [-0.15, -0.1) is 5.10 Å². The molecule has 1 aromatic heterocycles. The van der Waals surface area contributed by atoms with Crippen LogP contribution in [0.15, 0.2) is 5.38 Å². The Labute approximate surface area is 94.9 Å². The largest absolute Gasteiger partial charge is 0.396 e. The second-order valence-electron chi connectivity index (χ2n) is 3.87. The summed E-state index contributed by atoms with van der Waals surface area (Å²) < 4.78 is 3.80. The normalized spacial score (nSPS) is 11.9. The number of hydrogen-bond acceptors (Lipinski definition) is 5. The molecule has 5 heteroatoms. The molecule has 2 N–H and O–H groups in total.